The molecule has 0 fully saturated rings. The summed E-state index contributed by atoms with van der Waals surface area (Å²) in [6, 6.07) is 23.8. The van der Waals surface area contributed by atoms with Gasteiger partial charge in [0, 0.05) is 19.2 Å². The van der Waals surface area contributed by atoms with Crippen LogP contribution in [0.15, 0.2) is 94.4 Å². The van der Waals surface area contributed by atoms with Gasteiger partial charge in [-0.1, -0.05) is 41.6 Å². The predicted octanol–water partition coefficient (Wildman–Crippen LogP) is 5.93. The maximum Gasteiger partial charge on any atom is 0.283 e. The van der Waals surface area contributed by atoms with Crippen molar-refractivity contribution < 1.29 is 9.59 Å². The van der Waals surface area contributed by atoms with Crippen LogP contribution in [0.2, 0.25) is 5.02 Å². The Balaban J connectivity index is 1.73. The zero-order chi connectivity index (χ0) is 20.4. The molecule has 1 heterocycles. The number of amides is 2. The Morgan fingerprint density at radius 2 is 1.48 bits per heavy atom. The third-order valence-corrected chi connectivity index (χ3v) is 6.26. The second-order valence-corrected chi connectivity index (χ2v) is 8.94. The van der Waals surface area contributed by atoms with Crippen molar-refractivity contribution >= 4 is 69.1 Å². The highest BCUT2D eigenvalue weighted by molar-refractivity contribution is 14.1. The second-order valence-electron chi connectivity index (χ2n) is 6.17. The lowest BCUT2D eigenvalue weighted by molar-refractivity contribution is -0.120. The van der Waals surface area contributed by atoms with Crippen LogP contribution in [-0.4, -0.2) is 11.8 Å². The molecule has 144 valence electrons. The van der Waals surface area contributed by atoms with Crippen LogP contribution in [0, 0.1) is 3.57 Å². The molecule has 4 nitrogen and oxygen atoms in total. The molecule has 1 N–H and O–H groups in total. The van der Waals surface area contributed by atoms with Crippen LogP contribution in [0.1, 0.15) is 0 Å². The number of nitrogens with one attached hydrogen (secondary N) is 1. The summed E-state index contributed by atoms with van der Waals surface area (Å²) >= 11 is 9.45. The van der Waals surface area contributed by atoms with E-state index in [1.165, 1.54) is 16.7 Å². The van der Waals surface area contributed by atoms with Gasteiger partial charge in [-0.2, -0.15) is 0 Å². The van der Waals surface area contributed by atoms with Crippen LogP contribution in [-0.2, 0) is 9.59 Å². The van der Waals surface area contributed by atoms with Gasteiger partial charge >= 0.3 is 0 Å². The molecule has 1 aliphatic rings. The van der Waals surface area contributed by atoms with Crippen LogP contribution in [0.4, 0.5) is 11.4 Å². The van der Waals surface area contributed by atoms with Gasteiger partial charge in [-0.25, -0.2) is 4.90 Å². The lowest BCUT2D eigenvalue weighted by Crippen LogP contribution is -2.32. The summed E-state index contributed by atoms with van der Waals surface area (Å²) in [4.78, 5) is 28.8. The van der Waals surface area contributed by atoms with Crippen molar-refractivity contribution in [3.8, 4) is 0 Å². The Morgan fingerprint density at radius 3 is 2.14 bits per heavy atom. The maximum atomic E-state index is 13.2. The standard InChI is InChI=1S/C22H14ClIN2O2S/c23-14-6-12-17(13-7-14)26-21(27)19(25-16-10-8-15(24)9-11-16)20(22(26)28)29-18-4-2-1-3-5-18/h1-13,25H. The van der Waals surface area contributed by atoms with Crippen molar-refractivity contribution in [2.75, 3.05) is 10.2 Å². The van der Waals surface area contributed by atoms with Gasteiger partial charge in [0.1, 0.15) is 10.6 Å². The van der Waals surface area contributed by atoms with E-state index in [2.05, 4.69) is 27.9 Å². The van der Waals surface area contributed by atoms with Crippen molar-refractivity contribution in [2.24, 2.45) is 0 Å². The van der Waals surface area contributed by atoms with E-state index in [9.17, 15) is 9.59 Å². The van der Waals surface area contributed by atoms with Crippen molar-refractivity contribution in [3.05, 3.63) is 98.1 Å². The molecule has 0 aliphatic carbocycles. The molecule has 4 rings (SSSR count). The van der Waals surface area contributed by atoms with Crippen LogP contribution in [0.5, 0.6) is 0 Å². The monoisotopic (exact) mass is 532 g/mol. The van der Waals surface area contributed by atoms with E-state index in [1.807, 2.05) is 54.6 Å². The average molecular weight is 533 g/mol. The molecule has 0 aromatic heterocycles. The maximum absolute atomic E-state index is 13.2. The molecule has 3 aromatic carbocycles. The van der Waals surface area contributed by atoms with Gasteiger partial charge in [-0.3, -0.25) is 9.59 Å². The summed E-state index contributed by atoms with van der Waals surface area (Å²) in [5, 5.41) is 3.69. The van der Waals surface area contributed by atoms with Gasteiger partial charge in [0.25, 0.3) is 11.8 Å². The lowest BCUT2D eigenvalue weighted by Gasteiger charge is -2.15. The fourth-order valence-corrected chi connectivity index (χ4v) is 4.26. The number of carbonyl (C=O) groups is 2. The first-order chi connectivity index (χ1) is 14.0. The molecule has 2 amide bonds. The molecule has 3 aromatic rings. The Kier molecular flexibility index (Phi) is 5.94. The van der Waals surface area contributed by atoms with Crippen LogP contribution >= 0.6 is 46.0 Å². The molecule has 1 aliphatic heterocycles. The largest absolute Gasteiger partial charge is 0.350 e. The van der Waals surface area contributed by atoms with E-state index >= 15 is 0 Å². The second kappa shape index (κ2) is 8.61. The van der Waals surface area contributed by atoms with E-state index < -0.39 is 5.91 Å². The molecule has 0 spiro atoms. The number of hydrogen-bond donors (Lipinski definition) is 1. The number of nitrogens with zero attached hydrogens (tertiary/aromatic N) is 1. The summed E-state index contributed by atoms with van der Waals surface area (Å²) in [6.45, 7) is 0. The zero-order valence-electron chi connectivity index (χ0n) is 14.9. The molecule has 0 saturated heterocycles. The highest BCUT2D eigenvalue weighted by Gasteiger charge is 2.40. The van der Waals surface area contributed by atoms with Crippen molar-refractivity contribution in [1.29, 1.82) is 0 Å². The summed E-state index contributed by atoms with van der Waals surface area (Å²) in [5.74, 6) is -0.756. The van der Waals surface area contributed by atoms with Crippen LogP contribution in [0.3, 0.4) is 0 Å². The number of benzene rings is 3. The molecule has 0 unspecified atom stereocenters. The van der Waals surface area contributed by atoms with Crippen molar-refractivity contribution in [1.82, 2.24) is 0 Å². The number of rotatable bonds is 5. The van der Waals surface area contributed by atoms with Crippen molar-refractivity contribution in [3.63, 3.8) is 0 Å². The lowest BCUT2D eigenvalue weighted by atomic mass is 10.3. The molecule has 0 radical (unpaired) electrons. The normalized spacial score (nSPS) is 13.9. The molecule has 0 atom stereocenters. The van der Waals surface area contributed by atoms with E-state index in [-0.39, 0.29) is 11.6 Å². The number of carbonyl (C=O) groups excluding carboxylic acids is 2. The minimum absolute atomic E-state index is 0.264. The van der Waals surface area contributed by atoms with Gasteiger partial charge in [0.05, 0.1) is 5.69 Å². The van der Waals surface area contributed by atoms with E-state index in [0.717, 1.165) is 14.2 Å². The minimum atomic E-state index is -0.394. The zero-order valence-corrected chi connectivity index (χ0v) is 18.7. The number of halogens is 2. The molecule has 0 bridgehead atoms. The number of thioether (sulfide) groups is 1. The van der Waals surface area contributed by atoms with Gasteiger partial charge in [0.15, 0.2) is 0 Å². The summed E-state index contributed by atoms with van der Waals surface area (Å²) in [5.41, 5.74) is 1.49. The summed E-state index contributed by atoms with van der Waals surface area (Å²) in [7, 11) is 0. The number of imide groups is 1. The molecule has 7 heteroatoms. The number of hydrogen-bond acceptors (Lipinski definition) is 4. The SMILES string of the molecule is O=C1C(Nc2ccc(I)cc2)=C(Sc2ccccc2)C(=O)N1c1ccc(Cl)cc1. The molecular weight excluding hydrogens is 519 g/mol. The van der Waals surface area contributed by atoms with Crippen LogP contribution in [0.25, 0.3) is 0 Å². The van der Waals surface area contributed by atoms with Gasteiger partial charge in [-0.15, -0.1) is 0 Å². The first-order valence-electron chi connectivity index (χ1n) is 8.67. The third-order valence-electron chi connectivity index (χ3n) is 4.20. The summed E-state index contributed by atoms with van der Waals surface area (Å²) < 4.78 is 1.08. The highest BCUT2D eigenvalue weighted by atomic mass is 127. The average Bonchev–Trinajstić information content (AvgIpc) is 2.95. The smallest absolute Gasteiger partial charge is 0.283 e. The minimum Gasteiger partial charge on any atom is -0.350 e. The Labute approximate surface area is 191 Å². The Hall–Kier alpha value is -2.29. The molecule has 0 saturated carbocycles. The highest BCUT2D eigenvalue weighted by Crippen LogP contribution is 2.38. The van der Waals surface area contributed by atoms with Gasteiger partial charge in [0.2, 0.25) is 0 Å². The number of anilines is 2. The van der Waals surface area contributed by atoms with Gasteiger partial charge in [-0.05, 0) is 83.3 Å². The summed E-state index contributed by atoms with van der Waals surface area (Å²) in [6.07, 6.45) is 0. The van der Waals surface area contributed by atoms with Gasteiger partial charge < -0.3 is 5.32 Å². The quantitative estimate of drug-likeness (QED) is 0.327. The van der Waals surface area contributed by atoms with Crippen molar-refractivity contribution in [2.45, 2.75) is 4.90 Å². The fraction of sp³-hybridized carbons (Fsp3) is 0. The predicted molar refractivity (Wildman–Crippen MR) is 126 cm³/mol. The first-order valence-corrected chi connectivity index (χ1v) is 10.9. The fourth-order valence-electron chi connectivity index (χ4n) is 2.82. The topological polar surface area (TPSA) is 49.4 Å². The van der Waals surface area contributed by atoms with Crippen LogP contribution < -0.4 is 10.2 Å². The van der Waals surface area contributed by atoms with E-state index in [1.54, 1.807) is 24.3 Å². The van der Waals surface area contributed by atoms with E-state index in [4.69, 9.17) is 11.6 Å². The molecule has 29 heavy (non-hydrogen) atoms. The third kappa shape index (κ3) is 4.34. The Morgan fingerprint density at radius 1 is 0.828 bits per heavy atom. The molecular formula is C22H14ClIN2O2S. The van der Waals surface area contributed by atoms with E-state index in [0.29, 0.717) is 15.6 Å². The first kappa shape index (κ1) is 20.0. The Bertz CT molecular complexity index is 1100.